The van der Waals surface area contributed by atoms with Crippen molar-refractivity contribution in [2.75, 3.05) is 4.72 Å². The summed E-state index contributed by atoms with van der Waals surface area (Å²) in [4.78, 5) is 9.84. The van der Waals surface area contributed by atoms with Gasteiger partial charge in [0.15, 0.2) is 0 Å². The number of carboxylic acids is 1. The van der Waals surface area contributed by atoms with Crippen LogP contribution in [0.2, 0.25) is 0 Å². The van der Waals surface area contributed by atoms with Gasteiger partial charge in [-0.15, -0.1) is 0 Å². The summed E-state index contributed by atoms with van der Waals surface area (Å²) in [7, 11) is -4.31. The molecule has 5 nitrogen and oxygen atoms in total. The molecular weight excluding hydrogens is 304 g/mol. The molecule has 2 N–H and O–H groups in total. The minimum Gasteiger partial charge on any atom is -0.478 e. The smallest absolute Gasteiger partial charge is 0.335 e. The molecule has 110 valence electrons. The standard InChI is InChI=1S/C13H9F2NO4S/c14-9-3-6-11(15)12(7-9)21(19,20)16-10-4-1-8(2-5-10)13(17)18/h1-7,16H,(H,17,18). The van der Waals surface area contributed by atoms with Crippen LogP contribution >= 0.6 is 0 Å². The van der Waals surface area contributed by atoms with Gasteiger partial charge in [0.25, 0.3) is 10.0 Å². The van der Waals surface area contributed by atoms with Gasteiger partial charge in [0.2, 0.25) is 0 Å². The molecule has 21 heavy (non-hydrogen) atoms. The largest absolute Gasteiger partial charge is 0.478 e. The molecule has 0 heterocycles. The van der Waals surface area contributed by atoms with Gasteiger partial charge in [-0.05, 0) is 42.5 Å². The predicted molar refractivity (Wildman–Crippen MR) is 70.6 cm³/mol. The minimum absolute atomic E-state index is 0.0312. The highest BCUT2D eigenvalue weighted by atomic mass is 32.2. The lowest BCUT2D eigenvalue weighted by Gasteiger charge is -2.09. The molecule has 2 rings (SSSR count). The first-order valence-corrected chi connectivity index (χ1v) is 7.09. The molecule has 0 radical (unpaired) electrons. The van der Waals surface area contributed by atoms with Crippen LogP contribution in [0.25, 0.3) is 0 Å². The first kappa shape index (κ1) is 14.9. The van der Waals surface area contributed by atoms with Crippen LogP contribution in [-0.4, -0.2) is 19.5 Å². The number of halogens is 2. The maximum atomic E-state index is 13.5. The average Bonchev–Trinajstić information content (AvgIpc) is 2.41. The van der Waals surface area contributed by atoms with Crippen LogP contribution in [0.15, 0.2) is 47.4 Å². The van der Waals surface area contributed by atoms with E-state index >= 15 is 0 Å². The second-order valence-corrected chi connectivity index (χ2v) is 5.71. The molecule has 0 spiro atoms. The highest BCUT2D eigenvalue weighted by Crippen LogP contribution is 2.20. The molecule has 2 aromatic rings. The number of carbonyl (C=O) groups is 1. The third kappa shape index (κ3) is 3.34. The van der Waals surface area contributed by atoms with Crippen LogP contribution in [0.1, 0.15) is 10.4 Å². The molecule has 2 aromatic carbocycles. The molecule has 0 unspecified atom stereocenters. The first-order valence-electron chi connectivity index (χ1n) is 5.61. The van der Waals surface area contributed by atoms with Crippen molar-refractivity contribution in [2.45, 2.75) is 4.90 Å². The van der Waals surface area contributed by atoms with E-state index in [1.807, 2.05) is 4.72 Å². The van der Waals surface area contributed by atoms with Crippen molar-refractivity contribution in [3.63, 3.8) is 0 Å². The van der Waals surface area contributed by atoms with Crippen LogP contribution in [0.4, 0.5) is 14.5 Å². The zero-order valence-electron chi connectivity index (χ0n) is 10.4. The topological polar surface area (TPSA) is 83.5 Å². The van der Waals surface area contributed by atoms with Gasteiger partial charge < -0.3 is 5.11 Å². The third-order valence-electron chi connectivity index (χ3n) is 2.57. The molecule has 0 saturated heterocycles. The number of hydrogen-bond acceptors (Lipinski definition) is 3. The zero-order chi connectivity index (χ0) is 15.6. The van der Waals surface area contributed by atoms with E-state index in [1.54, 1.807) is 0 Å². The maximum absolute atomic E-state index is 13.5. The van der Waals surface area contributed by atoms with Gasteiger partial charge in [-0.3, -0.25) is 4.72 Å². The SMILES string of the molecule is O=C(O)c1ccc(NS(=O)(=O)c2cc(F)ccc2F)cc1. The molecule has 0 fully saturated rings. The fraction of sp³-hybridized carbons (Fsp3) is 0. The molecule has 8 heteroatoms. The molecule has 0 amide bonds. The second kappa shape index (κ2) is 5.49. The Hall–Kier alpha value is -2.48. The van der Waals surface area contributed by atoms with Gasteiger partial charge in [-0.1, -0.05) is 0 Å². The van der Waals surface area contributed by atoms with E-state index < -0.39 is 32.5 Å². The van der Waals surface area contributed by atoms with Crippen LogP contribution < -0.4 is 4.72 Å². The lowest BCUT2D eigenvalue weighted by Crippen LogP contribution is -2.15. The summed E-state index contributed by atoms with van der Waals surface area (Å²) in [5.74, 6) is -3.15. The maximum Gasteiger partial charge on any atom is 0.335 e. The van der Waals surface area contributed by atoms with E-state index in [1.165, 1.54) is 24.3 Å². The van der Waals surface area contributed by atoms with E-state index in [0.717, 1.165) is 6.07 Å². The fourth-order valence-electron chi connectivity index (χ4n) is 1.57. The summed E-state index contributed by atoms with van der Waals surface area (Å²) in [5.41, 5.74) is -0.00135. The van der Waals surface area contributed by atoms with Crippen molar-refractivity contribution >= 4 is 21.7 Å². The van der Waals surface area contributed by atoms with Gasteiger partial charge >= 0.3 is 5.97 Å². The van der Waals surface area contributed by atoms with E-state index in [2.05, 4.69) is 0 Å². The molecule has 0 bridgehead atoms. The van der Waals surface area contributed by atoms with Gasteiger partial charge in [0, 0.05) is 5.69 Å². The molecular formula is C13H9F2NO4S. The van der Waals surface area contributed by atoms with Gasteiger partial charge in [0.1, 0.15) is 16.5 Å². The van der Waals surface area contributed by atoms with Crippen LogP contribution in [0, 0.1) is 11.6 Å². The van der Waals surface area contributed by atoms with E-state index in [9.17, 15) is 22.0 Å². The molecule has 0 aliphatic carbocycles. The average molecular weight is 313 g/mol. The quantitative estimate of drug-likeness (QED) is 0.908. The third-order valence-corrected chi connectivity index (χ3v) is 3.96. The Morgan fingerprint density at radius 2 is 1.67 bits per heavy atom. The van der Waals surface area contributed by atoms with Crippen LogP contribution in [-0.2, 0) is 10.0 Å². The minimum atomic E-state index is -4.31. The molecule has 0 atom stereocenters. The molecule has 0 saturated carbocycles. The van der Waals surface area contributed by atoms with Crippen molar-refractivity contribution in [1.82, 2.24) is 0 Å². The molecule has 0 aromatic heterocycles. The Bertz CT molecular complexity index is 788. The van der Waals surface area contributed by atoms with Crippen molar-refractivity contribution in [3.05, 3.63) is 59.7 Å². The number of anilines is 1. The number of benzene rings is 2. The van der Waals surface area contributed by atoms with E-state index in [0.29, 0.717) is 12.1 Å². The van der Waals surface area contributed by atoms with Crippen LogP contribution in [0.5, 0.6) is 0 Å². The molecule has 0 aliphatic rings. The number of nitrogens with one attached hydrogen (secondary N) is 1. The number of hydrogen-bond donors (Lipinski definition) is 2. The summed E-state index contributed by atoms with van der Waals surface area (Å²) < 4.78 is 52.5. The number of aromatic carboxylic acids is 1. The fourth-order valence-corrected chi connectivity index (χ4v) is 2.72. The highest BCUT2D eigenvalue weighted by molar-refractivity contribution is 7.92. The number of carboxylic acid groups (broad SMARTS) is 1. The van der Waals surface area contributed by atoms with Gasteiger partial charge in [-0.2, -0.15) is 0 Å². The Morgan fingerprint density at radius 1 is 1.05 bits per heavy atom. The lowest BCUT2D eigenvalue weighted by molar-refractivity contribution is 0.0697. The summed E-state index contributed by atoms with van der Waals surface area (Å²) >= 11 is 0. The van der Waals surface area contributed by atoms with Crippen molar-refractivity contribution < 1.29 is 27.1 Å². The van der Waals surface area contributed by atoms with Crippen molar-refractivity contribution in [1.29, 1.82) is 0 Å². The Labute approximate surface area is 118 Å². The first-order chi connectivity index (χ1) is 9.79. The summed E-state index contributed by atoms with van der Waals surface area (Å²) in [6, 6.07) is 6.84. The number of rotatable bonds is 4. The van der Waals surface area contributed by atoms with Crippen molar-refractivity contribution in [3.8, 4) is 0 Å². The Morgan fingerprint density at radius 3 is 2.24 bits per heavy atom. The van der Waals surface area contributed by atoms with Gasteiger partial charge in [-0.25, -0.2) is 22.0 Å². The van der Waals surface area contributed by atoms with Gasteiger partial charge in [0.05, 0.1) is 5.56 Å². The summed E-state index contributed by atoms with van der Waals surface area (Å²) in [6.45, 7) is 0. The predicted octanol–water partition coefficient (Wildman–Crippen LogP) is 2.46. The second-order valence-electron chi connectivity index (χ2n) is 4.06. The summed E-state index contributed by atoms with van der Waals surface area (Å²) in [6.07, 6.45) is 0. The monoisotopic (exact) mass is 313 g/mol. The van der Waals surface area contributed by atoms with E-state index in [-0.39, 0.29) is 11.3 Å². The lowest BCUT2D eigenvalue weighted by atomic mass is 10.2. The molecule has 0 aliphatic heterocycles. The highest BCUT2D eigenvalue weighted by Gasteiger charge is 2.20. The summed E-state index contributed by atoms with van der Waals surface area (Å²) in [5, 5.41) is 8.72. The van der Waals surface area contributed by atoms with E-state index in [4.69, 9.17) is 5.11 Å². The van der Waals surface area contributed by atoms with Crippen LogP contribution in [0.3, 0.4) is 0 Å². The van der Waals surface area contributed by atoms with Crippen molar-refractivity contribution in [2.24, 2.45) is 0 Å². The normalized spacial score (nSPS) is 11.1. The number of sulfonamides is 1. The Balaban J connectivity index is 2.33. The zero-order valence-corrected chi connectivity index (χ0v) is 11.2. The Kier molecular flexibility index (Phi) is 3.90.